The molecule has 1 saturated heterocycles. The van der Waals surface area contributed by atoms with E-state index in [2.05, 4.69) is 0 Å². The van der Waals surface area contributed by atoms with Crippen molar-refractivity contribution in [3.05, 3.63) is 23.8 Å². The highest BCUT2D eigenvalue weighted by atomic mass is 16.5. The van der Waals surface area contributed by atoms with Crippen LogP contribution in [0.2, 0.25) is 0 Å². The van der Waals surface area contributed by atoms with Gasteiger partial charge >= 0.3 is 6.03 Å². The first kappa shape index (κ1) is 15.8. The molecule has 22 heavy (non-hydrogen) atoms. The number of nitrogens with zero attached hydrogens (tertiary/aromatic N) is 2. The Bertz CT molecular complexity index is 604. The fraction of sp³-hybridized carbons (Fsp3) is 0.400. The van der Waals surface area contributed by atoms with Crippen LogP contribution in [0.3, 0.4) is 0 Å². The number of carbonyl (C=O) groups is 3. The normalized spacial score (nSPS) is 16.3. The standard InChI is InChI=1S/C15H18N2O5/c1-16-13(18)10(14(19)17(2)15(16)20)7-9-5-6-11(21-3)12(8-9)22-4/h5-6,8,10H,7H2,1-4H3. The number of hydrogen-bond donors (Lipinski definition) is 0. The summed E-state index contributed by atoms with van der Waals surface area (Å²) < 4.78 is 10.4. The van der Waals surface area contributed by atoms with E-state index < -0.39 is 23.8 Å². The molecule has 0 unspecified atom stereocenters. The van der Waals surface area contributed by atoms with Gasteiger partial charge in [-0.1, -0.05) is 6.07 Å². The Morgan fingerprint density at radius 1 is 0.955 bits per heavy atom. The summed E-state index contributed by atoms with van der Waals surface area (Å²) in [6, 6.07) is 4.58. The molecule has 2 rings (SSSR count). The smallest absolute Gasteiger partial charge is 0.332 e. The van der Waals surface area contributed by atoms with E-state index in [1.165, 1.54) is 28.3 Å². The molecule has 1 aliphatic heterocycles. The zero-order valence-corrected chi connectivity index (χ0v) is 13.0. The lowest BCUT2D eigenvalue weighted by Crippen LogP contribution is -2.57. The number of hydrogen-bond acceptors (Lipinski definition) is 5. The van der Waals surface area contributed by atoms with Gasteiger partial charge in [0.1, 0.15) is 5.92 Å². The predicted molar refractivity (Wildman–Crippen MR) is 77.7 cm³/mol. The molecule has 118 valence electrons. The number of benzene rings is 1. The van der Waals surface area contributed by atoms with Crippen LogP contribution in [0, 0.1) is 5.92 Å². The van der Waals surface area contributed by atoms with Gasteiger partial charge in [0, 0.05) is 14.1 Å². The molecule has 0 saturated carbocycles. The number of ether oxygens (including phenoxy) is 2. The van der Waals surface area contributed by atoms with Gasteiger partial charge in [-0.25, -0.2) is 4.79 Å². The van der Waals surface area contributed by atoms with E-state index >= 15 is 0 Å². The Morgan fingerprint density at radius 3 is 2.00 bits per heavy atom. The van der Waals surface area contributed by atoms with E-state index in [1.807, 2.05) is 0 Å². The SMILES string of the molecule is COc1ccc(CC2C(=O)N(C)C(=O)N(C)C2=O)cc1OC. The fourth-order valence-electron chi connectivity index (χ4n) is 2.40. The van der Waals surface area contributed by atoms with E-state index in [4.69, 9.17) is 9.47 Å². The number of barbiturate groups is 1. The van der Waals surface area contributed by atoms with Crippen molar-refractivity contribution in [2.24, 2.45) is 5.92 Å². The summed E-state index contributed by atoms with van der Waals surface area (Å²) in [6.45, 7) is 0. The average Bonchev–Trinajstić information content (AvgIpc) is 2.54. The average molecular weight is 306 g/mol. The van der Waals surface area contributed by atoms with Crippen molar-refractivity contribution < 1.29 is 23.9 Å². The lowest BCUT2D eigenvalue weighted by Gasteiger charge is -2.32. The van der Waals surface area contributed by atoms with Crippen LogP contribution in [-0.2, 0) is 16.0 Å². The molecule has 7 heteroatoms. The molecule has 0 bridgehead atoms. The molecule has 1 aromatic rings. The number of methoxy groups -OCH3 is 2. The maximum Gasteiger partial charge on any atom is 0.332 e. The first-order valence-corrected chi connectivity index (χ1v) is 6.70. The number of amides is 4. The van der Waals surface area contributed by atoms with E-state index in [0.717, 1.165) is 15.4 Å². The highest BCUT2D eigenvalue weighted by Gasteiger charge is 2.42. The molecule has 1 fully saturated rings. The largest absolute Gasteiger partial charge is 0.493 e. The predicted octanol–water partition coefficient (Wildman–Crippen LogP) is 0.913. The van der Waals surface area contributed by atoms with Crippen LogP contribution in [0.15, 0.2) is 18.2 Å². The second-order valence-corrected chi connectivity index (χ2v) is 5.02. The van der Waals surface area contributed by atoms with Crippen molar-refractivity contribution in [2.75, 3.05) is 28.3 Å². The van der Waals surface area contributed by atoms with Crippen molar-refractivity contribution in [1.29, 1.82) is 0 Å². The Hall–Kier alpha value is -2.57. The monoisotopic (exact) mass is 306 g/mol. The molecular weight excluding hydrogens is 288 g/mol. The van der Waals surface area contributed by atoms with Crippen LogP contribution in [-0.4, -0.2) is 56.0 Å². The van der Waals surface area contributed by atoms with Gasteiger partial charge in [0.2, 0.25) is 11.8 Å². The van der Waals surface area contributed by atoms with Crippen molar-refractivity contribution in [3.8, 4) is 11.5 Å². The molecule has 0 radical (unpaired) electrons. The van der Waals surface area contributed by atoms with Crippen molar-refractivity contribution in [3.63, 3.8) is 0 Å². The highest BCUT2D eigenvalue weighted by molar-refractivity contribution is 6.15. The summed E-state index contributed by atoms with van der Waals surface area (Å²) in [5, 5.41) is 0. The summed E-state index contributed by atoms with van der Waals surface area (Å²) >= 11 is 0. The van der Waals surface area contributed by atoms with Crippen LogP contribution in [0.1, 0.15) is 5.56 Å². The third-order valence-corrected chi connectivity index (χ3v) is 3.72. The van der Waals surface area contributed by atoms with Crippen LogP contribution in [0.4, 0.5) is 4.79 Å². The highest BCUT2D eigenvalue weighted by Crippen LogP contribution is 2.29. The van der Waals surface area contributed by atoms with Gasteiger partial charge in [-0.15, -0.1) is 0 Å². The summed E-state index contributed by atoms with van der Waals surface area (Å²) in [5.41, 5.74) is 0.750. The number of rotatable bonds is 4. The van der Waals surface area contributed by atoms with Crippen molar-refractivity contribution in [1.82, 2.24) is 9.80 Å². The van der Waals surface area contributed by atoms with Crippen LogP contribution in [0.5, 0.6) is 11.5 Å². The first-order valence-electron chi connectivity index (χ1n) is 6.70. The van der Waals surface area contributed by atoms with Gasteiger partial charge in [0.05, 0.1) is 14.2 Å². The van der Waals surface area contributed by atoms with E-state index in [1.54, 1.807) is 18.2 Å². The third-order valence-electron chi connectivity index (χ3n) is 3.72. The minimum atomic E-state index is -0.911. The number of urea groups is 1. The molecule has 0 aromatic heterocycles. The Labute approximate surface area is 128 Å². The Kier molecular flexibility index (Phi) is 4.35. The van der Waals surface area contributed by atoms with Crippen LogP contribution >= 0.6 is 0 Å². The quantitative estimate of drug-likeness (QED) is 0.773. The van der Waals surface area contributed by atoms with Crippen LogP contribution in [0.25, 0.3) is 0 Å². The number of carbonyl (C=O) groups excluding carboxylic acids is 3. The number of imide groups is 2. The van der Waals surface area contributed by atoms with Crippen LogP contribution < -0.4 is 9.47 Å². The molecule has 1 heterocycles. The van der Waals surface area contributed by atoms with E-state index in [0.29, 0.717) is 11.5 Å². The fourth-order valence-corrected chi connectivity index (χ4v) is 2.40. The maximum absolute atomic E-state index is 12.2. The molecule has 0 atom stereocenters. The molecule has 7 nitrogen and oxygen atoms in total. The zero-order chi connectivity index (χ0) is 16.4. The molecule has 1 aromatic carbocycles. The van der Waals surface area contributed by atoms with Gasteiger partial charge in [-0.05, 0) is 24.1 Å². The van der Waals surface area contributed by atoms with Gasteiger partial charge in [-0.3, -0.25) is 19.4 Å². The third kappa shape index (κ3) is 2.61. The summed E-state index contributed by atoms with van der Waals surface area (Å²) in [4.78, 5) is 38.0. The summed E-state index contributed by atoms with van der Waals surface area (Å²) in [6.07, 6.45) is 0.194. The second-order valence-electron chi connectivity index (χ2n) is 5.02. The lowest BCUT2D eigenvalue weighted by molar-refractivity contribution is -0.147. The molecule has 0 spiro atoms. The summed E-state index contributed by atoms with van der Waals surface area (Å²) in [5.74, 6) is -0.818. The second kappa shape index (κ2) is 6.05. The maximum atomic E-state index is 12.2. The molecular formula is C15H18N2O5. The molecule has 0 aliphatic carbocycles. The Balaban J connectivity index is 2.27. The van der Waals surface area contributed by atoms with Gasteiger partial charge in [0.15, 0.2) is 11.5 Å². The van der Waals surface area contributed by atoms with Crippen molar-refractivity contribution in [2.45, 2.75) is 6.42 Å². The van der Waals surface area contributed by atoms with Gasteiger partial charge in [0.25, 0.3) is 0 Å². The van der Waals surface area contributed by atoms with E-state index in [9.17, 15) is 14.4 Å². The summed E-state index contributed by atoms with van der Waals surface area (Å²) in [7, 11) is 5.78. The zero-order valence-electron chi connectivity index (χ0n) is 13.0. The molecule has 4 amide bonds. The first-order chi connectivity index (χ1) is 10.4. The van der Waals surface area contributed by atoms with Crippen molar-refractivity contribution >= 4 is 17.8 Å². The molecule has 1 aliphatic rings. The minimum Gasteiger partial charge on any atom is -0.493 e. The Morgan fingerprint density at radius 2 is 1.50 bits per heavy atom. The lowest BCUT2D eigenvalue weighted by atomic mass is 9.95. The van der Waals surface area contributed by atoms with Gasteiger partial charge in [-0.2, -0.15) is 0 Å². The minimum absolute atomic E-state index is 0.194. The topological polar surface area (TPSA) is 76.2 Å². The van der Waals surface area contributed by atoms with Gasteiger partial charge < -0.3 is 9.47 Å². The van der Waals surface area contributed by atoms with E-state index in [-0.39, 0.29) is 6.42 Å². The molecule has 0 N–H and O–H groups in total.